The summed E-state index contributed by atoms with van der Waals surface area (Å²) in [5.74, 6) is -0.193. The molecule has 0 aliphatic rings. The molecule has 1 amide bonds. The average Bonchev–Trinajstić information content (AvgIpc) is 2.69. The standard InChI is InChI=1S/C21H18N4O3/c1-13(26)15-3-7-17(8-4-15)23-20(28)19-11-12-22-21(25-19)24-18-9-5-16(6-10-18)14(2)27/h3-12H,1-2H3,(H,23,28)(H,22,24,25). The lowest BCUT2D eigenvalue weighted by atomic mass is 10.1. The summed E-state index contributed by atoms with van der Waals surface area (Å²) in [7, 11) is 0. The molecule has 1 heterocycles. The summed E-state index contributed by atoms with van der Waals surface area (Å²) in [4.78, 5) is 43.4. The number of ketones is 2. The molecular weight excluding hydrogens is 356 g/mol. The highest BCUT2D eigenvalue weighted by Crippen LogP contribution is 2.15. The largest absolute Gasteiger partial charge is 0.324 e. The average molecular weight is 374 g/mol. The van der Waals surface area contributed by atoms with Crippen molar-refractivity contribution in [1.29, 1.82) is 0 Å². The minimum atomic E-state index is -0.395. The number of benzene rings is 2. The number of nitrogens with one attached hydrogen (secondary N) is 2. The van der Waals surface area contributed by atoms with Crippen LogP contribution in [0.5, 0.6) is 0 Å². The highest BCUT2D eigenvalue weighted by molar-refractivity contribution is 6.03. The van der Waals surface area contributed by atoms with E-state index in [1.165, 1.54) is 26.1 Å². The predicted molar refractivity (Wildman–Crippen MR) is 106 cm³/mol. The fraction of sp³-hybridized carbons (Fsp3) is 0.0952. The Balaban J connectivity index is 1.70. The maximum absolute atomic E-state index is 12.4. The molecule has 140 valence electrons. The number of carbonyl (C=O) groups is 3. The summed E-state index contributed by atoms with van der Waals surface area (Å²) < 4.78 is 0. The van der Waals surface area contributed by atoms with Gasteiger partial charge in [0.05, 0.1) is 0 Å². The van der Waals surface area contributed by atoms with Crippen molar-refractivity contribution < 1.29 is 14.4 Å². The van der Waals surface area contributed by atoms with Crippen LogP contribution in [0.3, 0.4) is 0 Å². The van der Waals surface area contributed by atoms with E-state index in [9.17, 15) is 14.4 Å². The maximum atomic E-state index is 12.4. The molecule has 0 saturated heterocycles. The van der Waals surface area contributed by atoms with Gasteiger partial charge in [0.2, 0.25) is 5.95 Å². The van der Waals surface area contributed by atoms with Crippen LogP contribution in [0.4, 0.5) is 17.3 Å². The Hall–Kier alpha value is -3.87. The smallest absolute Gasteiger partial charge is 0.274 e. The monoisotopic (exact) mass is 374 g/mol. The van der Waals surface area contributed by atoms with Gasteiger partial charge in [0, 0.05) is 28.7 Å². The van der Waals surface area contributed by atoms with Gasteiger partial charge in [0.25, 0.3) is 5.91 Å². The zero-order chi connectivity index (χ0) is 20.1. The van der Waals surface area contributed by atoms with E-state index in [1.807, 2.05) is 0 Å². The molecule has 0 spiro atoms. The van der Waals surface area contributed by atoms with Gasteiger partial charge in [-0.05, 0) is 68.4 Å². The van der Waals surface area contributed by atoms with E-state index in [1.54, 1.807) is 48.5 Å². The summed E-state index contributed by atoms with van der Waals surface area (Å²) in [5, 5.41) is 5.73. The molecule has 0 bridgehead atoms. The van der Waals surface area contributed by atoms with Crippen LogP contribution in [0.1, 0.15) is 45.1 Å². The van der Waals surface area contributed by atoms with Crippen LogP contribution in [0, 0.1) is 0 Å². The first-order valence-corrected chi connectivity index (χ1v) is 8.56. The highest BCUT2D eigenvalue weighted by Gasteiger charge is 2.10. The minimum absolute atomic E-state index is 0.0159. The number of rotatable bonds is 6. The number of anilines is 3. The molecule has 7 heteroatoms. The lowest BCUT2D eigenvalue weighted by Crippen LogP contribution is -2.14. The summed E-state index contributed by atoms with van der Waals surface area (Å²) in [6, 6.07) is 15.0. The van der Waals surface area contributed by atoms with E-state index >= 15 is 0 Å². The van der Waals surface area contributed by atoms with Gasteiger partial charge >= 0.3 is 0 Å². The van der Waals surface area contributed by atoms with Crippen LogP contribution in [-0.2, 0) is 0 Å². The Morgan fingerprint density at radius 3 is 1.82 bits per heavy atom. The molecule has 0 atom stereocenters. The van der Waals surface area contributed by atoms with E-state index in [0.29, 0.717) is 22.5 Å². The van der Waals surface area contributed by atoms with Crippen molar-refractivity contribution in [1.82, 2.24) is 9.97 Å². The Morgan fingerprint density at radius 2 is 1.29 bits per heavy atom. The Kier molecular flexibility index (Phi) is 5.55. The van der Waals surface area contributed by atoms with Gasteiger partial charge in [-0.25, -0.2) is 9.97 Å². The van der Waals surface area contributed by atoms with Crippen LogP contribution >= 0.6 is 0 Å². The number of amides is 1. The summed E-state index contributed by atoms with van der Waals surface area (Å²) in [6.07, 6.45) is 1.48. The van der Waals surface area contributed by atoms with E-state index in [0.717, 1.165) is 0 Å². The summed E-state index contributed by atoms with van der Waals surface area (Å²) >= 11 is 0. The Bertz CT molecular complexity index is 1030. The van der Waals surface area contributed by atoms with Gasteiger partial charge < -0.3 is 10.6 Å². The van der Waals surface area contributed by atoms with Crippen molar-refractivity contribution in [3.8, 4) is 0 Å². The fourth-order valence-electron chi connectivity index (χ4n) is 2.45. The highest BCUT2D eigenvalue weighted by atomic mass is 16.2. The van der Waals surface area contributed by atoms with E-state index in [-0.39, 0.29) is 23.2 Å². The van der Waals surface area contributed by atoms with E-state index in [2.05, 4.69) is 20.6 Å². The van der Waals surface area contributed by atoms with Crippen molar-refractivity contribution in [2.75, 3.05) is 10.6 Å². The zero-order valence-electron chi connectivity index (χ0n) is 15.4. The van der Waals surface area contributed by atoms with Gasteiger partial charge in [-0.15, -0.1) is 0 Å². The van der Waals surface area contributed by atoms with Gasteiger partial charge in [-0.2, -0.15) is 0 Å². The van der Waals surface area contributed by atoms with Crippen molar-refractivity contribution in [2.24, 2.45) is 0 Å². The van der Waals surface area contributed by atoms with Gasteiger partial charge in [-0.1, -0.05) is 0 Å². The van der Waals surface area contributed by atoms with Gasteiger partial charge in [0.1, 0.15) is 5.69 Å². The molecule has 0 fully saturated rings. The Morgan fingerprint density at radius 1 is 0.750 bits per heavy atom. The molecule has 3 aromatic rings. The topological polar surface area (TPSA) is 101 Å². The molecule has 1 aromatic heterocycles. The van der Waals surface area contributed by atoms with Crippen LogP contribution in [0.25, 0.3) is 0 Å². The second-order valence-electron chi connectivity index (χ2n) is 6.11. The van der Waals surface area contributed by atoms with Crippen molar-refractivity contribution in [3.63, 3.8) is 0 Å². The molecular formula is C21H18N4O3. The number of aromatic nitrogens is 2. The molecule has 3 rings (SSSR count). The SMILES string of the molecule is CC(=O)c1ccc(NC(=O)c2ccnc(Nc3ccc(C(C)=O)cc3)n2)cc1. The number of Topliss-reactive ketones (excluding diaryl/α,β-unsaturated/α-hetero) is 2. The fourth-order valence-corrected chi connectivity index (χ4v) is 2.45. The zero-order valence-corrected chi connectivity index (χ0v) is 15.4. The molecule has 0 unspecified atom stereocenters. The number of nitrogens with zero attached hydrogens (tertiary/aromatic N) is 2. The molecule has 0 aliphatic heterocycles. The first-order valence-electron chi connectivity index (χ1n) is 8.56. The van der Waals surface area contributed by atoms with Crippen LogP contribution in [-0.4, -0.2) is 27.4 Å². The van der Waals surface area contributed by atoms with Gasteiger partial charge in [-0.3, -0.25) is 14.4 Å². The Labute approximate surface area is 161 Å². The third-order valence-electron chi connectivity index (χ3n) is 3.99. The number of hydrogen-bond acceptors (Lipinski definition) is 6. The lowest BCUT2D eigenvalue weighted by molar-refractivity contribution is 0.100. The predicted octanol–water partition coefficient (Wildman–Crippen LogP) is 3.88. The first kappa shape index (κ1) is 18.9. The van der Waals surface area contributed by atoms with Crippen molar-refractivity contribution in [3.05, 3.63) is 77.6 Å². The summed E-state index contributed by atoms with van der Waals surface area (Å²) in [6.45, 7) is 2.98. The summed E-state index contributed by atoms with van der Waals surface area (Å²) in [5.41, 5.74) is 2.62. The second kappa shape index (κ2) is 8.22. The van der Waals surface area contributed by atoms with Crippen LogP contribution in [0.15, 0.2) is 60.8 Å². The van der Waals surface area contributed by atoms with Gasteiger partial charge in [0.15, 0.2) is 11.6 Å². The normalized spacial score (nSPS) is 10.2. The third kappa shape index (κ3) is 4.64. The minimum Gasteiger partial charge on any atom is -0.324 e. The quantitative estimate of drug-likeness (QED) is 0.635. The molecule has 7 nitrogen and oxygen atoms in total. The van der Waals surface area contributed by atoms with Crippen LogP contribution in [0.2, 0.25) is 0 Å². The number of hydrogen-bond donors (Lipinski definition) is 2. The van der Waals surface area contributed by atoms with E-state index in [4.69, 9.17) is 0 Å². The molecule has 0 radical (unpaired) electrons. The first-order chi connectivity index (χ1) is 13.4. The molecule has 28 heavy (non-hydrogen) atoms. The number of carbonyl (C=O) groups excluding carboxylic acids is 3. The third-order valence-corrected chi connectivity index (χ3v) is 3.99. The molecule has 0 aliphatic carbocycles. The van der Waals surface area contributed by atoms with E-state index < -0.39 is 5.91 Å². The van der Waals surface area contributed by atoms with Crippen molar-refractivity contribution in [2.45, 2.75) is 13.8 Å². The molecule has 2 aromatic carbocycles. The maximum Gasteiger partial charge on any atom is 0.274 e. The van der Waals surface area contributed by atoms with Crippen LogP contribution < -0.4 is 10.6 Å². The molecule has 2 N–H and O–H groups in total. The second-order valence-corrected chi connectivity index (χ2v) is 6.11. The lowest BCUT2D eigenvalue weighted by Gasteiger charge is -2.08. The van der Waals surface area contributed by atoms with Crippen molar-refractivity contribution >= 4 is 34.8 Å². The molecule has 0 saturated carbocycles.